The van der Waals surface area contributed by atoms with E-state index >= 15 is 0 Å². The van der Waals surface area contributed by atoms with Crippen LogP contribution in [0, 0.1) is 0 Å². The molecule has 0 bridgehead atoms. The molecule has 1 aliphatic heterocycles. The zero-order valence-corrected chi connectivity index (χ0v) is 10.3. The number of phenols is 2. The van der Waals surface area contributed by atoms with Gasteiger partial charge in [-0.3, -0.25) is 4.90 Å². The second kappa shape index (κ2) is 4.94. The van der Waals surface area contributed by atoms with Crippen LogP contribution in [0.1, 0.15) is 24.9 Å². The smallest absolute Gasteiger partial charge is 0.119 e. The number of methoxy groups -OCH3 is 1. The van der Waals surface area contributed by atoms with Crippen molar-refractivity contribution in [1.29, 1.82) is 0 Å². The molecule has 0 saturated carbocycles. The lowest BCUT2D eigenvalue weighted by molar-refractivity contribution is 0.102. The van der Waals surface area contributed by atoms with Crippen LogP contribution in [0.3, 0.4) is 0 Å². The van der Waals surface area contributed by atoms with E-state index in [1.807, 2.05) is 0 Å². The van der Waals surface area contributed by atoms with Gasteiger partial charge in [0.2, 0.25) is 0 Å². The van der Waals surface area contributed by atoms with Crippen LogP contribution in [0.15, 0.2) is 18.2 Å². The number of aromatic hydroxyl groups is 2. The zero-order chi connectivity index (χ0) is 12.4. The summed E-state index contributed by atoms with van der Waals surface area (Å²) in [7, 11) is 1.74. The summed E-state index contributed by atoms with van der Waals surface area (Å²) in [6.07, 6.45) is 1.33. The number of rotatable bonds is 3. The van der Waals surface area contributed by atoms with Crippen LogP contribution < -0.4 is 0 Å². The molecular weight excluding hydrogens is 218 g/mol. The molecular formula is C13H19NO3. The van der Waals surface area contributed by atoms with Crippen LogP contribution >= 0.6 is 0 Å². The standard InChI is InChI=1S/C13H19NO3/c1-9(14-4-3-13(8-14)17-2)10-5-11(15)7-12(16)6-10/h5-7,9,13,15-16H,3-4,8H2,1-2H3. The fraction of sp³-hybridized carbons (Fsp3) is 0.538. The van der Waals surface area contributed by atoms with Crippen molar-refractivity contribution in [2.75, 3.05) is 20.2 Å². The summed E-state index contributed by atoms with van der Waals surface area (Å²) in [5.41, 5.74) is 0.930. The summed E-state index contributed by atoms with van der Waals surface area (Å²) in [4.78, 5) is 2.29. The van der Waals surface area contributed by atoms with Crippen LogP contribution in [-0.2, 0) is 4.74 Å². The third-order valence-electron chi connectivity index (χ3n) is 3.46. The summed E-state index contributed by atoms with van der Waals surface area (Å²) < 4.78 is 5.33. The predicted octanol–water partition coefficient (Wildman–Crippen LogP) is 1.88. The van der Waals surface area contributed by atoms with Gasteiger partial charge in [0.25, 0.3) is 0 Å². The maximum Gasteiger partial charge on any atom is 0.119 e. The molecule has 0 radical (unpaired) electrons. The number of ether oxygens (including phenoxy) is 1. The Bertz CT molecular complexity index is 374. The molecule has 17 heavy (non-hydrogen) atoms. The first-order chi connectivity index (χ1) is 8.10. The Hall–Kier alpha value is -1.26. The van der Waals surface area contributed by atoms with Gasteiger partial charge in [-0.1, -0.05) is 0 Å². The molecule has 0 aliphatic carbocycles. The average molecular weight is 237 g/mol. The monoisotopic (exact) mass is 237 g/mol. The number of hydrogen-bond donors (Lipinski definition) is 2. The summed E-state index contributed by atoms with van der Waals surface area (Å²) in [6, 6.07) is 4.92. The highest BCUT2D eigenvalue weighted by Crippen LogP contribution is 2.30. The van der Waals surface area contributed by atoms with E-state index in [1.54, 1.807) is 19.2 Å². The van der Waals surface area contributed by atoms with Crippen LogP contribution in [0.5, 0.6) is 11.5 Å². The van der Waals surface area contributed by atoms with Gasteiger partial charge in [0, 0.05) is 32.3 Å². The van der Waals surface area contributed by atoms with Crippen molar-refractivity contribution in [3.63, 3.8) is 0 Å². The first-order valence-corrected chi connectivity index (χ1v) is 5.90. The molecule has 0 spiro atoms. The summed E-state index contributed by atoms with van der Waals surface area (Å²) >= 11 is 0. The molecule has 2 atom stereocenters. The number of phenolic OH excluding ortho intramolecular Hbond substituents is 2. The van der Waals surface area contributed by atoms with Gasteiger partial charge >= 0.3 is 0 Å². The van der Waals surface area contributed by atoms with Crippen molar-refractivity contribution in [3.8, 4) is 11.5 Å². The molecule has 1 aromatic rings. The molecule has 1 aliphatic rings. The van der Waals surface area contributed by atoms with E-state index in [1.165, 1.54) is 6.07 Å². The normalized spacial score (nSPS) is 22.8. The minimum Gasteiger partial charge on any atom is -0.508 e. The molecule has 1 heterocycles. The van der Waals surface area contributed by atoms with E-state index in [2.05, 4.69) is 11.8 Å². The molecule has 2 N–H and O–H groups in total. The van der Waals surface area contributed by atoms with E-state index in [9.17, 15) is 10.2 Å². The van der Waals surface area contributed by atoms with E-state index in [-0.39, 0.29) is 17.5 Å². The molecule has 1 saturated heterocycles. The minimum absolute atomic E-state index is 0.106. The third kappa shape index (κ3) is 2.70. The summed E-state index contributed by atoms with van der Waals surface area (Å²) in [5.74, 6) is 0.212. The van der Waals surface area contributed by atoms with Crippen molar-refractivity contribution < 1.29 is 14.9 Å². The fourth-order valence-electron chi connectivity index (χ4n) is 2.37. The first-order valence-electron chi connectivity index (χ1n) is 5.90. The Balaban J connectivity index is 2.11. The van der Waals surface area contributed by atoms with Gasteiger partial charge in [-0.15, -0.1) is 0 Å². The van der Waals surface area contributed by atoms with E-state index in [0.29, 0.717) is 6.10 Å². The topological polar surface area (TPSA) is 52.9 Å². The van der Waals surface area contributed by atoms with Gasteiger partial charge < -0.3 is 14.9 Å². The van der Waals surface area contributed by atoms with Gasteiger partial charge in [0.1, 0.15) is 11.5 Å². The van der Waals surface area contributed by atoms with E-state index in [0.717, 1.165) is 25.1 Å². The first kappa shape index (κ1) is 12.2. The van der Waals surface area contributed by atoms with E-state index in [4.69, 9.17) is 4.74 Å². The molecule has 4 nitrogen and oxygen atoms in total. The Morgan fingerprint density at radius 1 is 1.29 bits per heavy atom. The lowest BCUT2D eigenvalue weighted by Crippen LogP contribution is -2.26. The number of nitrogens with zero attached hydrogens (tertiary/aromatic N) is 1. The Labute approximate surface area is 101 Å². The highest BCUT2D eigenvalue weighted by atomic mass is 16.5. The maximum absolute atomic E-state index is 9.48. The Kier molecular flexibility index (Phi) is 3.54. The highest BCUT2D eigenvalue weighted by Gasteiger charge is 2.26. The fourth-order valence-corrected chi connectivity index (χ4v) is 2.37. The van der Waals surface area contributed by atoms with Gasteiger partial charge in [-0.05, 0) is 31.0 Å². The number of hydrogen-bond acceptors (Lipinski definition) is 4. The van der Waals surface area contributed by atoms with Crippen LogP contribution in [0.4, 0.5) is 0 Å². The summed E-state index contributed by atoms with van der Waals surface area (Å²) in [5, 5.41) is 19.0. The number of likely N-dealkylation sites (tertiary alicyclic amines) is 1. The van der Waals surface area contributed by atoms with E-state index < -0.39 is 0 Å². The van der Waals surface area contributed by atoms with Crippen LogP contribution in [0.2, 0.25) is 0 Å². The van der Waals surface area contributed by atoms with Crippen LogP contribution in [0.25, 0.3) is 0 Å². The second-order valence-electron chi connectivity index (χ2n) is 4.60. The molecule has 1 fully saturated rings. The average Bonchev–Trinajstić information content (AvgIpc) is 2.75. The lowest BCUT2D eigenvalue weighted by Gasteiger charge is -2.24. The van der Waals surface area contributed by atoms with Crippen molar-refractivity contribution in [1.82, 2.24) is 4.90 Å². The second-order valence-corrected chi connectivity index (χ2v) is 4.60. The van der Waals surface area contributed by atoms with Crippen LogP contribution in [-0.4, -0.2) is 41.4 Å². The SMILES string of the molecule is COC1CCN(C(C)c2cc(O)cc(O)c2)C1. The largest absolute Gasteiger partial charge is 0.508 e. The predicted molar refractivity (Wildman–Crippen MR) is 65.2 cm³/mol. The van der Waals surface area contributed by atoms with Crippen molar-refractivity contribution >= 4 is 0 Å². The van der Waals surface area contributed by atoms with Crippen molar-refractivity contribution in [3.05, 3.63) is 23.8 Å². The molecule has 2 rings (SSSR count). The van der Waals surface area contributed by atoms with Crippen molar-refractivity contribution in [2.24, 2.45) is 0 Å². The molecule has 94 valence electrons. The molecule has 1 aromatic carbocycles. The lowest BCUT2D eigenvalue weighted by atomic mass is 10.1. The van der Waals surface area contributed by atoms with Gasteiger partial charge in [0.15, 0.2) is 0 Å². The highest BCUT2D eigenvalue weighted by molar-refractivity contribution is 5.38. The van der Waals surface area contributed by atoms with Gasteiger partial charge in [-0.25, -0.2) is 0 Å². The molecule has 0 amide bonds. The van der Waals surface area contributed by atoms with Gasteiger partial charge in [-0.2, -0.15) is 0 Å². The quantitative estimate of drug-likeness (QED) is 0.842. The molecule has 4 heteroatoms. The Morgan fingerprint density at radius 2 is 1.94 bits per heavy atom. The Morgan fingerprint density at radius 3 is 2.47 bits per heavy atom. The van der Waals surface area contributed by atoms with Crippen molar-refractivity contribution in [2.45, 2.75) is 25.5 Å². The third-order valence-corrected chi connectivity index (χ3v) is 3.46. The number of benzene rings is 1. The summed E-state index contributed by atoms with van der Waals surface area (Å²) in [6.45, 7) is 3.95. The molecule has 2 unspecified atom stereocenters. The molecule has 0 aromatic heterocycles. The van der Waals surface area contributed by atoms with Gasteiger partial charge in [0.05, 0.1) is 6.10 Å². The minimum atomic E-state index is 0.106. The zero-order valence-electron chi connectivity index (χ0n) is 10.3. The maximum atomic E-state index is 9.48.